The molecule has 0 fully saturated rings. The maximum absolute atomic E-state index is 5.87. The van der Waals surface area contributed by atoms with Crippen molar-refractivity contribution in [2.45, 2.75) is 45.3 Å². The second-order valence-corrected chi connectivity index (χ2v) is 6.63. The maximum atomic E-state index is 5.87. The molecule has 4 N–H and O–H groups in total. The Bertz CT molecular complexity index is 160. The molecule has 0 radical (unpaired) electrons. The molecule has 0 bridgehead atoms. The number of unbranched alkanes of at least 4 members (excludes halogenated alkanes) is 3. The molecule has 0 aliphatic carbocycles. The van der Waals surface area contributed by atoms with Crippen molar-refractivity contribution < 1.29 is 13.3 Å². The van der Waals surface area contributed by atoms with Crippen LogP contribution in [-0.4, -0.2) is 35.4 Å². The quantitative estimate of drug-likeness (QED) is 0.343. The van der Waals surface area contributed by atoms with Crippen molar-refractivity contribution in [3.63, 3.8) is 0 Å². The zero-order valence-corrected chi connectivity index (χ0v) is 11.7. The second kappa shape index (κ2) is 9.09. The highest BCUT2D eigenvalue weighted by Gasteiger charge is 2.39. The topological polar surface area (TPSA) is 79.7 Å². The van der Waals surface area contributed by atoms with Gasteiger partial charge in [-0.25, -0.2) is 0 Å². The van der Waals surface area contributed by atoms with Crippen LogP contribution in [0.5, 0.6) is 0 Å². The van der Waals surface area contributed by atoms with Gasteiger partial charge in [0.2, 0.25) is 0 Å². The van der Waals surface area contributed by atoms with Gasteiger partial charge in [-0.1, -0.05) is 26.2 Å². The van der Waals surface area contributed by atoms with Crippen molar-refractivity contribution in [3.8, 4) is 0 Å². The van der Waals surface area contributed by atoms with Gasteiger partial charge in [-0.15, -0.1) is 0 Å². The fraction of sp³-hybridized carbons (Fsp3) is 1.00. The van der Waals surface area contributed by atoms with Crippen molar-refractivity contribution in [3.05, 3.63) is 0 Å². The second-order valence-electron chi connectivity index (χ2n) is 3.80. The van der Waals surface area contributed by atoms with E-state index in [0.29, 0.717) is 0 Å². The van der Waals surface area contributed by atoms with Gasteiger partial charge < -0.3 is 24.7 Å². The van der Waals surface area contributed by atoms with Gasteiger partial charge in [-0.05, 0) is 12.8 Å². The summed E-state index contributed by atoms with van der Waals surface area (Å²) in [5, 5.41) is 0. The molecule has 5 nitrogen and oxygen atoms in total. The summed E-state index contributed by atoms with van der Waals surface area (Å²) in [6.45, 7) is 2.18. The Hall–Kier alpha value is 0.0169. The lowest BCUT2D eigenvalue weighted by atomic mass is 10.1. The van der Waals surface area contributed by atoms with Crippen LogP contribution in [0.1, 0.15) is 39.0 Å². The highest BCUT2D eigenvalue weighted by molar-refractivity contribution is 6.60. The Balaban J connectivity index is 3.86. The molecule has 0 rings (SSSR count). The predicted octanol–water partition coefficient (Wildman–Crippen LogP) is 0.988. The molecular formula is C10H26N2O3Si. The number of rotatable bonds is 10. The van der Waals surface area contributed by atoms with Crippen LogP contribution in [0.25, 0.3) is 0 Å². The van der Waals surface area contributed by atoms with Crippen LogP contribution >= 0.6 is 0 Å². The van der Waals surface area contributed by atoms with Gasteiger partial charge in [-0.3, -0.25) is 0 Å². The minimum absolute atomic E-state index is 0.253. The van der Waals surface area contributed by atoms with Gasteiger partial charge in [-0.2, -0.15) is 0 Å². The molecule has 1 unspecified atom stereocenters. The van der Waals surface area contributed by atoms with Gasteiger partial charge in [0, 0.05) is 14.2 Å². The lowest BCUT2D eigenvalue weighted by molar-refractivity contribution is 0.0540. The third-order valence-corrected chi connectivity index (χ3v) is 4.95. The third-order valence-electron chi connectivity index (χ3n) is 2.55. The first-order chi connectivity index (χ1) is 7.64. The molecule has 16 heavy (non-hydrogen) atoms. The molecule has 0 heterocycles. The summed E-state index contributed by atoms with van der Waals surface area (Å²) < 4.78 is 16.1. The van der Waals surface area contributed by atoms with Crippen molar-refractivity contribution in [2.24, 2.45) is 11.5 Å². The molecule has 0 aromatic carbocycles. The molecule has 0 aliphatic heterocycles. The summed E-state index contributed by atoms with van der Waals surface area (Å²) in [5.41, 5.74) is 11.5. The Morgan fingerprint density at radius 3 is 2.19 bits per heavy atom. The zero-order chi connectivity index (χ0) is 12.4. The first-order valence-corrected chi connectivity index (χ1v) is 7.81. The van der Waals surface area contributed by atoms with Gasteiger partial charge in [0.05, 0.1) is 12.4 Å². The summed E-state index contributed by atoms with van der Waals surface area (Å²) in [7, 11) is 0.400. The molecule has 0 aromatic rings. The fourth-order valence-corrected chi connectivity index (χ4v) is 2.82. The van der Waals surface area contributed by atoms with Crippen molar-refractivity contribution in [1.29, 1.82) is 0 Å². The standard InChI is InChI=1S/C10H26N2O3Si/c1-4-5-6-7-8-10(12)15-16(9-11,13-2)14-3/h10H,4-9,11-12H2,1-3H3. The number of nitrogens with two attached hydrogens (primary N) is 2. The zero-order valence-electron chi connectivity index (χ0n) is 10.7. The Morgan fingerprint density at radius 1 is 1.12 bits per heavy atom. The Labute approximate surface area is 99.8 Å². The van der Waals surface area contributed by atoms with Crippen LogP contribution in [0.15, 0.2) is 0 Å². The Morgan fingerprint density at radius 2 is 1.75 bits per heavy atom. The van der Waals surface area contributed by atoms with Crippen LogP contribution in [0.4, 0.5) is 0 Å². The number of hydrogen-bond donors (Lipinski definition) is 2. The van der Waals surface area contributed by atoms with E-state index < -0.39 is 8.80 Å². The maximum Gasteiger partial charge on any atom is 0.515 e. The summed E-state index contributed by atoms with van der Waals surface area (Å²) in [4.78, 5) is 0. The van der Waals surface area contributed by atoms with Crippen LogP contribution in [0, 0.1) is 0 Å². The molecule has 0 amide bonds. The largest absolute Gasteiger partial charge is 0.515 e. The predicted molar refractivity (Wildman–Crippen MR) is 66.6 cm³/mol. The molecular weight excluding hydrogens is 224 g/mol. The summed E-state index contributed by atoms with van der Waals surface area (Å²) in [6.07, 6.45) is 5.44. The van der Waals surface area contributed by atoms with E-state index in [-0.39, 0.29) is 12.4 Å². The van der Waals surface area contributed by atoms with E-state index in [9.17, 15) is 0 Å². The van der Waals surface area contributed by atoms with E-state index in [0.717, 1.165) is 12.8 Å². The minimum Gasteiger partial charge on any atom is -0.376 e. The lowest BCUT2D eigenvalue weighted by Gasteiger charge is -2.28. The van der Waals surface area contributed by atoms with E-state index in [1.807, 2.05) is 0 Å². The van der Waals surface area contributed by atoms with Crippen LogP contribution in [0.2, 0.25) is 0 Å². The monoisotopic (exact) mass is 250 g/mol. The third kappa shape index (κ3) is 5.93. The smallest absolute Gasteiger partial charge is 0.376 e. The molecule has 0 aromatic heterocycles. The molecule has 0 saturated heterocycles. The lowest BCUT2D eigenvalue weighted by Crippen LogP contribution is -2.55. The molecule has 0 aliphatic rings. The Kier molecular flexibility index (Phi) is 9.10. The number of hydrogen-bond acceptors (Lipinski definition) is 5. The molecule has 0 spiro atoms. The van der Waals surface area contributed by atoms with E-state index in [4.69, 9.17) is 24.7 Å². The average molecular weight is 250 g/mol. The highest BCUT2D eigenvalue weighted by Crippen LogP contribution is 2.11. The molecule has 6 heteroatoms. The van der Waals surface area contributed by atoms with Gasteiger partial charge in [0.15, 0.2) is 0 Å². The molecule has 1 atom stereocenters. The fourth-order valence-electron chi connectivity index (χ4n) is 1.46. The van der Waals surface area contributed by atoms with E-state index in [1.165, 1.54) is 19.3 Å². The van der Waals surface area contributed by atoms with Crippen molar-refractivity contribution in [2.75, 3.05) is 20.4 Å². The van der Waals surface area contributed by atoms with Crippen molar-refractivity contribution in [1.82, 2.24) is 0 Å². The van der Waals surface area contributed by atoms with Crippen LogP contribution in [-0.2, 0) is 13.3 Å². The molecule has 98 valence electrons. The van der Waals surface area contributed by atoms with E-state index in [1.54, 1.807) is 14.2 Å². The van der Waals surface area contributed by atoms with Gasteiger partial charge in [0.25, 0.3) is 0 Å². The van der Waals surface area contributed by atoms with Gasteiger partial charge >= 0.3 is 8.80 Å². The summed E-state index contributed by atoms with van der Waals surface area (Å²) in [5.74, 6) is 0. The first kappa shape index (κ1) is 16.0. The first-order valence-electron chi connectivity index (χ1n) is 5.88. The van der Waals surface area contributed by atoms with Crippen LogP contribution < -0.4 is 11.5 Å². The average Bonchev–Trinajstić information content (AvgIpc) is 2.32. The normalized spacial score (nSPS) is 14.1. The van der Waals surface area contributed by atoms with E-state index >= 15 is 0 Å². The van der Waals surface area contributed by atoms with E-state index in [2.05, 4.69) is 6.92 Å². The van der Waals surface area contributed by atoms with Crippen LogP contribution in [0.3, 0.4) is 0 Å². The van der Waals surface area contributed by atoms with Crippen molar-refractivity contribution >= 4 is 8.80 Å². The molecule has 0 saturated carbocycles. The highest BCUT2D eigenvalue weighted by atomic mass is 28.4. The minimum atomic E-state index is -2.70. The van der Waals surface area contributed by atoms with Gasteiger partial charge in [0.1, 0.15) is 0 Å². The summed E-state index contributed by atoms with van der Waals surface area (Å²) >= 11 is 0. The SMILES string of the molecule is CCCCCCC(N)O[Si](CN)(OC)OC. The summed E-state index contributed by atoms with van der Waals surface area (Å²) in [6, 6.07) is 0.